The first-order valence-corrected chi connectivity index (χ1v) is 9.19. The van der Waals surface area contributed by atoms with Crippen LogP contribution in [0.1, 0.15) is 27.5 Å². The summed E-state index contributed by atoms with van der Waals surface area (Å²) in [6.45, 7) is 5.30. The van der Waals surface area contributed by atoms with Crippen LogP contribution >= 0.6 is 11.6 Å². The Hall–Kier alpha value is -3.39. The summed E-state index contributed by atoms with van der Waals surface area (Å²) in [6.07, 6.45) is -0.103. The average molecular weight is 413 g/mol. The van der Waals surface area contributed by atoms with Crippen LogP contribution in [0.2, 0.25) is 5.02 Å². The zero-order valence-electron chi connectivity index (χ0n) is 16.0. The molecule has 4 rings (SSSR count). The van der Waals surface area contributed by atoms with Crippen LogP contribution in [0.15, 0.2) is 45.4 Å². The second-order valence-electron chi connectivity index (χ2n) is 6.49. The molecule has 0 aliphatic carbocycles. The largest absolute Gasteiger partial charge is 0.440 e. The van der Waals surface area contributed by atoms with E-state index in [1.807, 2.05) is 31.4 Å². The Morgan fingerprint density at radius 2 is 1.93 bits per heavy atom. The highest BCUT2D eigenvalue weighted by molar-refractivity contribution is 6.33. The van der Waals surface area contributed by atoms with Gasteiger partial charge < -0.3 is 9.26 Å². The topological polar surface area (TPSA) is 96.2 Å². The molecule has 1 aromatic carbocycles. The number of benzene rings is 1. The van der Waals surface area contributed by atoms with Crippen molar-refractivity contribution in [2.75, 3.05) is 6.61 Å². The molecule has 0 aliphatic rings. The van der Waals surface area contributed by atoms with Gasteiger partial charge in [-0.2, -0.15) is 4.98 Å². The highest BCUT2D eigenvalue weighted by atomic mass is 35.5. The van der Waals surface area contributed by atoms with Gasteiger partial charge in [-0.15, -0.1) is 0 Å². The van der Waals surface area contributed by atoms with Gasteiger partial charge in [0.25, 0.3) is 0 Å². The molecule has 0 atom stereocenters. The summed E-state index contributed by atoms with van der Waals surface area (Å²) in [4.78, 5) is 16.8. The molecule has 0 fully saturated rings. The molecule has 148 valence electrons. The third kappa shape index (κ3) is 3.66. The molecule has 4 aromatic rings. The third-order valence-corrected chi connectivity index (χ3v) is 4.75. The number of ether oxygens (including phenoxy) is 1. The molecule has 29 heavy (non-hydrogen) atoms. The van der Waals surface area contributed by atoms with Gasteiger partial charge in [0.15, 0.2) is 12.4 Å². The van der Waals surface area contributed by atoms with Gasteiger partial charge in [-0.05, 0) is 39.0 Å². The van der Waals surface area contributed by atoms with Gasteiger partial charge in [-0.3, -0.25) is 13.9 Å². The minimum atomic E-state index is -0.244. The zero-order valence-corrected chi connectivity index (χ0v) is 16.7. The first kappa shape index (κ1) is 18.9. The number of halogens is 1. The van der Waals surface area contributed by atoms with Crippen molar-refractivity contribution in [3.05, 3.63) is 64.1 Å². The van der Waals surface area contributed by atoms with Crippen LogP contribution in [-0.2, 0) is 0 Å². The van der Waals surface area contributed by atoms with Crippen LogP contribution < -0.4 is 4.74 Å². The number of hydrogen-bond acceptors (Lipinski definition) is 7. The van der Waals surface area contributed by atoms with E-state index in [-0.39, 0.29) is 24.3 Å². The molecule has 3 heterocycles. The van der Waals surface area contributed by atoms with Gasteiger partial charge in [-0.25, -0.2) is 0 Å². The molecular formula is C20H17ClN4O4. The smallest absolute Gasteiger partial charge is 0.418 e. The van der Waals surface area contributed by atoms with E-state index >= 15 is 0 Å². The number of carbonyl (C=O) groups excluding carboxylic acids is 1. The van der Waals surface area contributed by atoms with Crippen molar-refractivity contribution in [2.45, 2.75) is 20.8 Å². The van der Waals surface area contributed by atoms with Crippen LogP contribution in [0.5, 0.6) is 6.08 Å². The molecule has 0 bridgehead atoms. The first-order chi connectivity index (χ1) is 13.9. The predicted octanol–water partition coefficient (Wildman–Crippen LogP) is 4.36. The highest BCUT2D eigenvalue weighted by Gasteiger charge is 2.20. The molecule has 0 spiro atoms. The monoisotopic (exact) mass is 412 g/mol. The normalized spacial score (nSPS) is 11.0. The second-order valence-corrected chi connectivity index (χ2v) is 6.90. The van der Waals surface area contributed by atoms with E-state index in [1.54, 1.807) is 30.3 Å². The Bertz CT molecular complexity index is 1190. The molecular weight excluding hydrogens is 396 g/mol. The minimum absolute atomic E-state index is 0.103. The second kappa shape index (κ2) is 7.56. The fraction of sp³-hybridized carbons (Fsp3) is 0.200. The third-order valence-electron chi connectivity index (χ3n) is 4.43. The Kier molecular flexibility index (Phi) is 4.94. The van der Waals surface area contributed by atoms with Crippen LogP contribution in [0.3, 0.4) is 0 Å². The van der Waals surface area contributed by atoms with Gasteiger partial charge >= 0.3 is 6.08 Å². The summed E-state index contributed by atoms with van der Waals surface area (Å²) >= 11 is 6.13. The van der Waals surface area contributed by atoms with E-state index in [2.05, 4.69) is 15.3 Å². The highest BCUT2D eigenvalue weighted by Crippen LogP contribution is 2.26. The van der Waals surface area contributed by atoms with Crippen molar-refractivity contribution < 1.29 is 18.6 Å². The maximum absolute atomic E-state index is 12.7. The van der Waals surface area contributed by atoms with Crippen molar-refractivity contribution in [2.24, 2.45) is 0 Å². The van der Waals surface area contributed by atoms with Crippen LogP contribution in [0, 0.1) is 20.8 Å². The van der Waals surface area contributed by atoms with E-state index in [4.69, 9.17) is 25.4 Å². The van der Waals surface area contributed by atoms with E-state index in [9.17, 15) is 4.79 Å². The van der Waals surface area contributed by atoms with Crippen LogP contribution in [0.25, 0.3) is 17.2 Å². The summed E-state index contributed by atoms with van der Waals surface area (Å²) in [5, 5.41) is 8.35. The van der Waals surface area contributed by atoms with Gasteiger partial charge in [0.05, 0.1) is 5.02 Å². The number of aryl methyl sites for hydroxylation is 2. The molecule has 0 amide bonds. The molecule has 8 nitrogen and oxygen atoms in total. The number of nitrogens with zero attached hydrogens (tertiary/aromatic N) is 4. The standard InChI is InChI=1S/C20H17ClN4O4/c1-11-8-15(13(3)25(11)18-9-12(2)28-23-18)17(26)10-27-20-22-19(24-29-20)14-6-4-5-7-16(14)21/h4-9H,10H2,1-3H3. The molecule has 0 unspecified atom stereocenters. The first-order valence-electron chi connectivity index (χ1n) is 8.81. The lowest BCUT2D eigenvalue weighted by molar-refractivity contribution is 0.0884. The number of ketones is 1. The fourth-order valence-electron chi connectivity index (χ4n) is 3.08. The van der Waals surface area contributed by atoms with Crippen molar-refractivity contribution in [1.29, 1.82) is 0 Å². The summed E-state index contributed by atoms with van der Waals surface area (Å²) in [5.41, 5.74) is 2.74. The number of rotatable bonds is 6. The Balaban J connectivity index is 1.49. The zero-order chi connectivity index (χ0) is 20.5. The lowest BCUT2D eigenvalue weighted by Gasteiger charge is -2.05. The van der Waals surface area contributed by atoms with Gasteiger partial charge in [0.2, 0.25) is 11.6 Å². The maximum atomic E-state index is 12.7. The lowest BCUT2D eigenvalue weighted by atomic mass is 10.1. The van der Waals surface area contributed by atoms with Crippen molar-refractivity contribution in [3.8, 4) is 23.3 Å². The van der Waals surface area contributed by atoms with Crippen molar-refractivity contribution in [1.82, 2.24) is 19.9 Å². The van der Waals surface area contributed by atoms with E-state index in [0.717, 1.165) is 11.4 Å². The van der Waals surface area contributed by atoms with Crippen molar-refractivity contribution >= 4 is 17.4 Å². The SMILES string of the molecule is Cc1cc(-n2c(C)cc(C(=O)COc3nc(-c4ccccc4Cl)no3)c2C)no1. The minimum Gasteiger partial charge on any atom is -0.440 e. The summed E-state index contributed by atoms with van der Waals surface area (Å²) in [5.74, 6) is 1.38. The van der Waals surface area contributed by atoms with Gasteiger partial charge in [0.1, 0.15) is 5.76 Å². The predicted molar refractivity (Wildman–Crippen MR) is 105 cm³/mol. The molecule has 0 aliphatic heterocycles. The molecule has 0 saturated carbocycles. The molecule has 0 N–H and O–H groups in total. The van der Waals surface area contributed by atoms with Gasteiger partial charge in [-0.1, -0.05) is 34.0 Å². The fourth-order valence-corrected chi connectivity index (χ4v) is 3.30. The van der Waals surface area contributed by atoms with E-state index in [1.165, 1.54) is 0 Å². The molecule has 3 aromatic heterocycles. The molecule has 0 radical (unpaired) electrons. The molecule has 0 saturated heterocycles. The number of hydrogen-bond donors (Lipinski definition) is 0. The average Bonchev–Trinajstić information content (AvgIpc) is 3.40. The summed E-state index contributed by atoms with van der Waals surface area (Å²) in [7, 11) is 0. The van der Waals surface area contributed by atoms with Gasteiger partial charge in [0, 0.05) is 28.6 Å². The number of Topliss-reactive ketones (excluding diaryl/α,β-unsaturated/α-hetero) is 1. The summed E-state index contributed by atoms with van der Waals surface area (Å²) in [6, 6.07) is 10.7. The Morgan fingerprint density at radius 3 is 2.66 bits per heavy atom. The number of aromatic nitrogens is 4. The lowest BCUT2D eigenvalue weighted by Crippen LogP contribution is -2.13. The van der Waals surface area contributed by atoms with Crippen LogP contribution in [0.4, 0.5) is 0 Å². The number of carbonyl (C=O) groups is 1. The van der Waals surface area contributed by atoms with Crippen LogP contribution in [-0.4, -0.2) is 32.3 Å². The summed E-state index contributed by atoms with van der Waals surface area (Å²) < 4.78 is 17.5. The Morgan fingerprint density at radius 1 is 1.14 bits per heavy atom. The van der Waals surface area contributed by atoms with Crippen molar-refractivity contribution in [3.63, 3.8) is 0 Å². The molecule has 9 heteroatoms. The Labute approximate surface area is 171 Å². The maximum Gasteiger partial charge on any atom is 0.418 e. The quantitative estimate of drug-likeness (QED) is 0.434. The van der Waals surface area contributed by atoms with E-state index < -0.39 is 0 Å². The van der Waals surface area contributed by atoms with E-state index in [0.29, 0.717) is 27.7 Å².